The van der Waals surface area contributed by atoms with Crippen molar-refractivity contribution in [2.45, 2.75) is 63.8 Å². The quantitative estimate of drug-likeness (QED) is 0.340. The minimum atomic E-state index is -0.803. The Balaban J connectivity index is 1.21. The third-order valence-corrected chi connectivity index (χ3v) is 8.55. The maximum atomic E-state index is 14.4. The zero-order chi connectivity index (χ0) is 27.5. The van der Waals surface area contributed by atoms with Crippen molar-refractivity contribution in [2.24, 2.45) is 0 Å². The molecule has 40 heavy (non-hydrogen) atoms. The fourth-order valence-corrected chi connectivity index (χ4v) is 6.39. The molecular formula is C31H39F2N5O2. The molecule has 2 aromatic heterocycles. The number of nitrogens with one attached hydrogen (secondary N) is 1. The van der Waals surface area contributed by atoms with E-state index in [0.29, 0.717) is 37.0 Å². The number of aromatic nitrogens is 2. The van der Waals surface area contributed by atoms with Gasteiger partial charge in [-0.05, 0) is 88.6 Å². The summed E-state index contributed by atoms with van der Waals surface area (Å²) in [6, 6.07) is 6.56. The van der Waals surface area contributed by atoms with Crippen LogP contribution in [0.2, 0.25) is 0 Å². The van der Waals surface area contributed by atoms with E-state index in [1.54, 1.807) is 19.2 Å². The molecule has 3 aromatic rings. The highest BCUT2D eigenvalue weighted by atomic mass is 19.2. The van der Waals surface area contributed by atoms with Crippen molar-refractivity contribution in [1.82, 2.24) is 14.9 Å². The van der Waals surface area contributed by atoms with Crippen molar-refractivity contribution in [3.63, 3.8) is 0 Å². The molecule has 1 aromatic carbocycles. The smallest absolute Gasteiger partial charge is 0.257 e. The van der Waals surface area contributed by atoms with Gasteiger partial charge in [-0.3, -0.25) is 4.98 Å². The van der Waals surface area contributed by atoms with E-state index in [0.717, 1.165) is 80.0 Å². The highest BCUT2D eigenvalue weighted by molar-refractivity contribution is 5.91. The minimum Gasteiger partial charge on any atom is -0.488 e. The Kier molecular flexibility index (Phi) is 8.18. The van der Waals surface area contributed by atoms with E-state index in [2.05, 4.69) is 10.2 Å². The molecule has 0 bridgehead atoms. The lowest BCUT2D eigenvalue weighted by Crippen LogP contribution is -2.40. The van der Waals surface area contributed by atoms with Crippen LogP contribution < -0.4 is 19.7 Å². The predicted molar refractivity (Wildman–Crippen MR) is 154 cm³/mol. The SMILES string of the molecule is COc1nc2c(NC3CCN(c4cccc(F)c4F)CC3)c3c(nc2cc1OCCCN1CCCC1)CCCC3. The van der Waals surface area contributed by atoms with E-state index in [1.807, 2.05) is 11.0 Å². The van der Waals surface area contributed by atoms with Crippen LogP contribution in [0, 0.1) is 11.6 Å². The van der Waals surface area contributed by atoms with Crippen LogP contribution in [0.3, 0.4) is 0 Å². The zero-order valence-corrected chi connectivity index (χ0v) is 23.4. The molecule has 9 heteroatoms. The number of rotatable bonds is 9. The van der Waals surface area contributed by atoms with Crippen molar-refractivity contribution in [2.75, 3.05) is 56.7 Å². The van der Waals surface area contributed by atoms with Gasteiger partial charge < -0.3 is 24.6 Å². The molecule has 214 valence electrons. The zero-order valence-electron chi connectivity index (χ0n) is 23.4. The largest absolute Gasteiger partial charge is 0.488 e. The van der Waals surface area contributed by atoms with Gasteiger partial charge in [0.25, 0.3) is 5.88 Å². The van der Waals surface area contributed by atoms with Gasteiger partial charge in [-0.1, -0.05) is 6.07 Å². The van der Waals surface area contributed by atoms with E-state index >= 15 is 0 Å². The summed E-state index contributed by atoms with van der Waals surface area (Å²) >= 11 is 0. The Morgan fingerprint density at radius 3 is 2.60 bits per heavy atom. The molecule has 0 spiro atoms. The van der Waals surface area contributed by atoms with Crippen LogP contribution in [0.4, 0.5) is 20.2 Å². The van der Waals surface area contributed by atoms with Gasteiger partial charge in [-0.15, -0.1) is 0 Å². The van der Waals surface area contributed by atoms with Crippen LogP contribution >= 0.6 is 0 Å². The average molecular weight is 552 g/mol. The van der Waals surface area contributed by atoms with E-state index in [9.17, 15) is 8.78 Å². The number of halogens is 2. The second-order valence-corrected chi connectivity index (χ2v) is 11.2. The molecule has 1 N–H and O–H groups in total. The van der Waals surface area contributed by atoms with Gasteiger partial charge in [0, 0.05) is 37.4 Å². The van der Waals surface area contributed by atoms with Crippen LogP contribution in [0.5, 0.6) is 11.6 Å². The van der Waals surface area contributed by atoms with Crippen molar-refractivity contribution in [3.05, 3.63) is 47.2 Å². The number of aryl methyl sites for hydroxylation is 1. The number of hydrogen-bond acceptors (Lipinski definition) is 7. The van der Waals surface area contributed by atoms with Gasteiger partial charge in [0.05, 0.1) is 30.6 Å². The van der Waals surface area contributed by atoms with E-state index in [4.69, 9.17) is 19.4 Å². The van der Waals surface area contributed by atoms with Crippen LogP contribution in [-0.4, -0.2) is 67.4 Å². The summed E-state index contributed by atoms with van der Waals surface area (Å²) in [6.07, 6.45) is 9.34. The lowest BCUT2D eigenvalue weighted by Gasteiger charge is -2.35. The molecule has 0 amide bonds. The van der Waals surface area contributed by atoms with E-state index in [1.165, 1.54) is 31.5 Å². The summed E-state index contributed by atoms with van der Waals surface area (Å²) in [4.78, 5) is 14.4. The van der Waals surface area contributed by atoms with Gasteiger partial charge in [0.15, 0.2) is 17.4 Å². The molecule has 0 radical (unpaired) electrons. The van der Waals surface area contributed by atoms with Gasteiger partial charge in [0.1, 0.15) is 5.52 Å². The molecule has 6 rings (SSSR count). The molecule has 2 saturated heterocycles. The standard InChI is InChI=1S/C31H39F2N5O2/c1-39-31-27(40-19-7-16-37-14-4-5-15-37)20-25-30(36-31)29(22-8-2-3-10-24(22)35-25)34-21-12-17-38(18-13-21)26-11-6-9-23(32)28(26)33/h6,9,11,20-21H,2-5,7-8,10,12-19H2,1H3,(H,34,35). The lowest BCUT2D eigenvalue weighted by molar-refractivity contribution is 0.252. The molecule has 7 nitrogen and oxygen atoms in total. The highest BCUT2D eigenvalue weighted by Gasteiger charge is 2.26. The van der Waals surface area contributed by atoms with Gasteiger partial charge in [0.2, 0.25) is 0 Å². The summed E-state index contributed by atoms with van der Waals surface area (Å²) in [5, 5.41) is 3.81. The van der Waals surface area contributed by atoms with E-state index < -0.39 is 11.6 Å². The molecule has 0 saturated carbocycles. The number of fused-ring (bicyclic) bond motifs is 2. The first-order chi connectivity index (χ1) is 19.6. The lowest BCUT2D eigenvalue weighted by atomic mass is 9.93. The number of piperidine rings is 1. The molecular weight excluding hydrogens is 512 g/mol. The van der Waals surface area contributed by atoms with Gasteiger partial charge in [-0.25, -0.2) is 13.8 Å². The second-order valence-electron chi connectivity index (χ2n) is 11.2. The maximum absolute atomic E-state index is 14.4. The molecule has 2 aliphatic heterocycles. The third-order valence-electron chi connectivity index (χ3n) is 8.55. The van der Waals surface area contributed by atoms with Crippen molar-refractivity contribution < 1.29 is 18.3 Å². The van der Waals surface area contributed by atoms with Gasteiger partial charge in [-0.2, -0.15) is 0 Å². The molecule has 4 heterocycles. The number of nitrogens with zero attached hydrogens (tertiary/aromatic N) is 4. The second kappa shape index (κ2) is 12.1. The number of pyridine rings is 2. The Hall–Kier alpha value is -3.20. The molecule has 3 aliphatic rings. The number of hydrogen-bond donors (Lipinski definition) is 1. The predicted octanol–water partition coefficient (Wildman–Crippen LogP) is 5.74. The molecule has 0 unspecified atom stereocenters. The average Bonchev–Trinajstić information content (AvgIpc) is 3.50. The summed E-state index contributed by atoms with van der Waals surface area (Å²) in [5.74, 6) is -0.460. The van der Waals surface area contributed by atoms with Crippen LogP contribution in [0.25, 0.3) is 11.0 Å². The monoisotopic (exact) mass is 551 g/mol. The number of likely N-dealkylation sites (tertiary alicyclic amines) is 1. The van der Waals surface area contributed by atoms with Crippen LogP contribution in [0.1, 0.15) is 56.2 Å². The Bertz CT molecular complexity index is 1340. The Labute approximate surface area is 234 Å². The van der Waals surface area contributed by atoms with Gasteiger partial charge >= 0.3 is 0 Å². The normalized spacial score (nSPS) is 18.2. The Morgan fingerprint density at radius 2 is 1.80 bits per heavy atom. The topological polar surface area (TPSA) is 62.8 Å². The minimum absolute atomic E-state index is 0.193. The van der Waals surface area contributed by atoms with Crippen molar-refractivity contribution >= 4 is 22.4 Å². The molecule has 2 fully saturated rings. The molecule has 1 aliphatic carbocycles. The number of benzene rings is 1. The number of anilines is 2. The summed E-state index contributed by atoms with van der Waals surface area (Å²) < 4.78 is 40.0. The fourth-order valence-electron chi connectivity index (χ4n) is 6.39. The first kappa shape index (κ1) is 27.0. The first-order valence-electron chi connectivity index (χ1n) is 14.8. The van der Waals surface area contributed by atoms with Crippen LogP contribution in [0.15, 0.2) is 24.3 Å². The van der Waals surface area contributed by atoms with Crippen molar-refractivity contribution in [3.8, 4) is 11.6 Å². The Morgan fingerprint density at radius 1 is 1.00 bits per heavy atom. The maximum Gasteiger partial charge on any atom is 0.257 e. The third kappa shape index (κ3) is 5.66. The summed E-state index contributed by atoms with van der Waals surface area (Å²) in [6.45, 7) is 5.33. The number of ether oxygens (including phenoxy) is 2. The van der Waals surface area contributed by atoms with Crippen molar-refractivity contribution in [1.29, 1.82) is 0 Å². The van der Waals surface area contributed by atoms with Crippen LogP contribution in [-0.2, 0) is 12.8 Å². The summed E-state index contributed by atoms with van der Waals surface area (Å²) in [7, 11) is 1.63. The highest BCUT2D eigenvalue weighted by Crippen LogP contribution is 2.38. The summed E-state index contributed by atoms with van der Waals surface area (Å²) in [5.41, 5.74) is 5.37. The molecule has 0 atom stereocenters. The van der Waals surface area contributed by atoms with E-state index in [-0.39, 0.29) is 6.04 Å². The first-order valence-corrected chi connectivity index (χ1v) is 14.8. The number of methoxy groups -OCH3 is 1. The fraction of sp³-hybridized carbons (Fsp3) is 0.548.